The smallest absolute Gasteiger partial charge is 0.330 e. The van der Waals surface area contributed by atoms with E-state index in [0.717, 1.165) is 6.92 Å². The van der Waals surface area contributed by atoms with Gasteiger partial charge in [-0.1, -0.05) is 0 Å². The van der Waals surface area contributed by atoms with E-state index in [1.807, 2.05) is 0 Å². The van der Waals surface area contributed by atoms with Crippen molar-refractivity contribution >= 4 is 23.7 Å². The number of carboxylic acid groups (broad SMARTS) is 2. The molecule has 0 heterocycles. The molecule has 0 aliphatic heterocycles. The van der Waals surface area contributed by atoms with Gasteiger partial charge >= 0.3 is 17.9 Å². The Hall–Kier alpha value is -2.44. The molecule has 7 nitrogen and oxygen atoms in total. The molecular formula is C10H12O7. The third kappa shape index (κ3) is 19.8. The zero-order valence-electron chi connectivity index (χ0n) is 15.4. The van der Waals surface area contributed by atoms with Crippen molar-refractivity contribution in [2.24, 2.45) is 0 Å². The zero-order chi connectivity index (χ0) is 19.8. The molecule has 0 atom stereocenters. The van der Waals surface area contributed by atoms with Crippen molar-refractivity contribution in [3.05, 3.63) is 24.2 Å². The van der Waals surface area contributed by atoms with Gasteiger partial charge in [-0.2, -0.15) is 0 Å². The first-order valence-corrected chi connectivity index (χ1v) is 3.67. The molecule has 0 aliphatic carbocycles. The van der Waals surface area contributed by atoms with Gasteiger partial charge in [0, 0.05) is 18.2 Å². The number of esters is 1. The molecule has 94 valence electrons. The highest BCUT2D eigenvalue weighted by atomic mass is 16.5. The minimum atomic E-state index is -2.97. The summed E-state index contributed by atoms with van der Waals surface area (Å²) >= 11 is 0. The highest BCUT2D eigenvalue weighted by Crippen LogP contribution is 1.78. The van der Waals surface area contributed by atoms with Gasteiger partial charge in [-0.25, -0.2) is 14.4 Å². The molecule has 0 aromatic rings. The average molecular weight is 251 g/mol. The fraction of sp³-hybridized carbons (Fsp3) is 0.200. The molecule has 0 aliphatic rings. The fourth-order valence-electron chi connectivity index (χ4n) is 0.271. The van der Waals surface area contributed by atoms with E-state index >= 15 is 0 Å². The predicted octanol–water partition coefficient (Wildman–Crippen LogP) is 0.0164. The molecule has 0 saturated heterocycles. The van der Waals surface area contributed by atoms with Crippen LogP contribution in [0.3, 0.4) is 0 Å². The summed E-state index contributed by atoms with van der Waals surface area (Å²) in [7, 11) is -2.97. The number of ether oxygens (including phenoxy) is 1. The minimum absolute atomic E-state index is 0.808. The van der Waals surface area contributed by atoms with E-state index in [1.165, 1.54) is 0 Å². The van der Waals surface area contributed by atoms with E-state index in [1.54, 1.807) is 0 Å². The Morgan fingerprint density at radius 1 is 1.06 bits per heavy atom. The number of methoxy groups -OCH3 is 1. The summed E-state index contributed by atoms with van der Waals surface area (Å²) in [5, 5.41) is 15.9. The highest BCUT2D eigenvalue weighted by molar-refractivity contribution is 5.94. The normalized spacial score (nSPS) is 18.5. The van der Waals surface area contributed by atoms with Gasteiger partial charge in [-0.05, 0) is 13.0 Å². The summed E-state index contributed by atoms with van der Waals surface area (Å²) < 4.78 is 50.3. The van der Waals surface area contributed by atoms with E-state index in [4.69, 9.17) is 19.8 Å². The highest BCUT2D eigenvalue weighted by Gasteiger charge is 1.90. The van der Waals surface area contributed by atoms with Gasteiger partial charge in [0.2, 0.25) is 0 Å². The van der Waals surface area contributed by atoms with Crippen LogP contribution in [0.15, 0.2) is 24.2 Å². The van der Waals surface area contributed by atoms with E-state index in [9.17, 15) is 19.2 Å². The summed E-state index contributed by atoms with van der Waals surface area (Å²) in [6.07, 6.45) is 0. The molecule has 0 rings (SSSR count). The lowest BCUT2D eigenvalue weighted by Crippen LogP contribution is -1.95. The summed E-state index contributed by atoms with van der Waals surface area (Å²) in [4.78, 5) is 41.0. The third-order valence-electron chi connectivity index (χ3n) is 0.710. The lowest BCUT2D eigenvalue weighted by molar-refractivity contribution is -0.135. The van der Waals surface area contributed by atoms with Crippen LogP contribution in [0.25, 0.3) is 0 Å². The maximum atomic E-state index is 10.8. The van der Waals surface area contributed by atoms with Crippen molar-refractivity contribution in [2.45, 2.75) is 6.92 Å². The van der Waals surface area contributed by atoms with Gasteiger partial charge in [0.15, 0.2) is 5.78 Å². The number of ketones is 1. The molecule has 0 unspecified atom stereocenters. The van der Waals surface area contributed by atoms with Crippen LogP contribution in [-0.4, -0.2) is 40.9 Å². The second-order valence-electron chi connectivity index (χ2n) is 2.06. The predicted molar refractivity (Wildman–Crippen MR) is 56.2 cm³/mol. The lowest BCUT2D eigenvalue weighted by atomic mass is 10.4. The Labute approximate surface area is 107 Å². The molecule has 0 aromatic heterocycles. The Morgan fingerprint density at radius 2 is 1.53 bits per heavy atom. The second kappa shape index (κ2) is 10.1. The Morgan fingerprint density at radius 3 is 1.82 bits per heavy atom. The van der Waals surface area contributed by atoms with Gasteiger partial charge in [0.25, 0.3) is 0 Å². The van der Waals surface area contributed by atoms with Crippen LogP contribution < -0.4 is 0 Å². The van der Waals surface area contributed by atoms with Crippen LogP contribution in [0.4, 0.5) is 0 Å². The zero-order valence-corrected chi connectivity index (χ0v) is 8.44. The molecule has 7 heteroatoms. The van der Waals surface area contributed by atoms with Crippen molar-refractivity contribution in [2.75, 3.05) is 7.04 Å². The first-order valence-electron chi connectivity index (χ1n) is 7.17. The standard InChI is InChI=1S/C6H8O3.C4H4O4/c1-5(7)3-4-6(8)9-2;5-3(6)1-2-4(7)8/h3-4H,1-2H3;1-2H,(H,5,6)(H,7,8)/b4-3+;2-1+/i2D3,3D,4D;1D,2D. The van der Waals surface area contributed by atoms with Gasteiger partial charge in [0.1, 0.15) is 0 Å². The molecule has 0 radical (unpaired) electrons. The van der Waals surface area contributed by atoms with Gasteiger partial charge in [-0.15, -0.1) is 0 Å². The number of aliphatic carboxylic acids is 2. The number of hydrogen-bond donors (Lipinski definition) is 2. The fourth-order valence-corrected chi connectivity index (χ4v) is 0.271. The largest absolute Gasteiger partial charge is 0.478 e. The van der Waals surface area contributed by atoms with Crippen molar-refractivity contribution < 1.29 is 43.7 Å². The number of allylic oxidation sites excluding steroid dienone is 1. The van der Waals surface area contributed by atoms with Crippen LogP contribution in [0.1, 0.15) is 16.5 Å². The summed E-state index contributed by atoms with van der Waals surface area (Å²) in [6.45, 7) is 0.986. The minimum Gasteiger partial charge on any atom is -0.478 e. The molecule has 0 fully saturated rings. The molecule has 0 bridgehead atoms. The SMILES string of the molecule is [2H]/C(C(=O)O)=C(/[2H])C(=O)O.[2H]/C(C(C)=O)=C(/[2H])C(=O)OC([2H])([2H])[2H]. The lowest BCUT2D eigenvalue weighted by Gasteiger charge is -1.85. The summed E-state index contributed by atoms with van der Waals surface area (Å²) in [6, 6.07) is -4.37. The monoisotopic (exact) mass is 251 g/mol. The third-order valence-corrected chi connectivity index (χ3v) is 0.710. The molecule has 0 saturated carbocycles. The van der Waals surface area contributed by atoms with Crippen LogP contribution in [0.2, 0.25) is 0 Å². The number of carbonyl (C=O) groups is 4. The van der Waals surface area contributed by atoms with Crippen molar-refractivity contribution in [1.82, 2.24) is 0 Å². The maximum Gasteiger partial charge on any atom is 0.330 e. The number of carbonyl (C=O) groups excluding carboxylic acids is 2. The second-order valence-corrected chi connectivity index (χ2v) is 2.06. The average Bonchev–Trinajstić information content (AvgIpc) is 2.42. The molecule has 17 heavy (non-hydrogen) atoms. The van der Waals surface area contributed by atoms with Crippen molar-refractivity contribution in [3.63, 3.8) is 0 Å². The van der Waals surface area contributed by atoms with Crippen molar-refractivity contribution in [1.29, 1.82) is 0 Å². The summed E-state index contributed by atoms with van der Waals surface area (Å²) in [5.74, 6) is -5.75. The number of hydrogen-bond acceptors (Lipinski definition) is 5. The van der Waals surface area contributed by atoms with E-state index < -0.39 is 54.9 Å². The molecule has 2 N–H and O–H groups in total. The topological polar surface area (TPSA) is 118 Å². The quantitative estimate of drug-likeness (QED) is 0.534. The maximum absolute atomic E-state index is 10.8. The first kappa shape index (κ1) is 7.00. The van der Waals surface area contributed by atoms with Gasteiger partial charge < -0.3 is 14.9 Å². The van der Waals surface area contributed by atoms with Gasteiger partial charge in [0.05, 0.1) is 16.6 Å². The Kier molecular flexibility index (Phi) is 4.15. The van der Waals surface area contributed by atoms with E-state index in [0.29, 0.717) is 0 Å². The van der Waals surface area contributed by atoms with Crippen LogP contribution >= 0.6 is 0 Å². The first-order chi connectivity index (χ1) is 10.6. The van der Waals surface area contributed by atoms with Crippen LogP contribution in [-0.2, 0) is 23.9 Å². The Bertz CT molecular complexity index is 581. The molecular weight excluding hydrogens is 232 g/mol. The van der Waals surface area contributed by atoms with Crippen LogP contribution in [0.5, 0.6) is 0 Å². The molecule has 0 aromatic carbocycles. The molecule has 0 spiro atoms. The van der Waals surface area contributed by atoms with E-state index in [-0.39, 0.29) is 0 Å². The van der Waals surface area contributed by atoms with Crippen molar-refractivity contribution in [3.8, 4) is 0 Å². The number of carboxylic acids is 2. The Balaban J connectivity index is 0. The van der Waals surface area contributed by atoms with E-state index in [2.05, 4.69) is 4.74 Å². The van der Waals surface area contributed by atoms with Crippen LogP contribution in [0, 0.1) is 0 Å². The summed E-state index contributed by atoms with van der Waals surface area (Å²) in [5.41, 5.74) is 0. The number of rotatable bonds is 4. The van der Waals surface area contributed by atoms with Gasteiger partial charge in [-0.3, -0.25) is 4.79 Å². The molecule has 0 amide bonds.